The Labute approximate surface area is 194 Å². The fourth-order valence-corrected chi connectivity index (χ4v) is 4.46. The molecule has 1 amide bonds. The summed E-state index contributed by atoms with van der Waals surface area (Å²) in [4.78, 5) is 21.5. The zero-order valence-corrected chi connectivity index (χ0v) is 18.6. The van der Waals surface area contributed by atoms with Crippen molar-refractivity contribution < 1.29 is 18.3 Å². The summed E-state index contributed by atoms with van der Waals surface area (Å²) in [7, 11) is 3.09. The number of methoxy groups -OCH3 is 1. The minimum Gasteiger partial charge on any atom is -0.496 e. The van der Waals surface area contributed by atoms with E-state index < -0.39 is 17.5 Å². The van der Waals surface area contributed by atoms with Gasteiger partial charge in [-0.3, -0.25) is 9.48 Å². The Hall–Kier alpha value is -3.92. The van der Waals surface area contributed by atoms with Crippen LogP contribution in [0.4, 0.5) is 14.5 Å². The summed E-state index contributed by atoms with van der Waals surface area (Å²) in [5, 5.41) is 11.0. The molecule has 2 N–H and O–H groups in total. The number of amides is 1. The molecule has 2 aromatic carbocycles. The van der Waals surface area contributed by atoms with Crippen LogP contribution in [0.15, 0.2) is 42.7 Å². The number of halogens is 2. The SMILES string of the molecule is COc1cccc(F)c1-c1nccc(C(=O)Nc2cc(F)c3c(cnn3C)c2C2CCNC2)n1. The predicted octanol–water partition coefficient (Wildman–Crippen LogP) is 3.65. The van der Waals surface area contributed by atoms with Crippen molar-refractivity contribution in [3.05, 3.63) is 65.6 Å². The predicted molar refractivity (Wildman–Crippen MR) is 123 cm³/mol. The molecule has 10 heteroatoms. The standard InChI is InChI=1S/C24H22F2N6O2/c1-32-22-14(12-29-32)20(13-6-8-27-11-13)18(10-16(22)26)31-24(33)17-7-9-28-23(30-17)21-15(25)4-3-5-19(21)34-2/h3-5,7,9-10,12-13,27H,6,8,11H2,1-2H3,(H,31,33). The van der Waals surface area contributed by atoms with Crippen molar-refractivity contribution in [2.45, 2.75) is 12.3 Å². The summed E-state index contributed by atoms with van der Waals surface area (Å²) in [6.07, 6.45) is 3.84. The number of fused-ring (bicyclic) bond motifs is 1. The number of ether oxygens (including phenoxy) is 1. The Bertz CT molecular complexity index is 1400. The monoisotopic (exact) mass is 464 g/mol. The molecule has 8 nitrogen and oxygen atoms in total. The number of hydrogen-bond donors (Lipinski definition) is 2. The van der Waals surface area contributed by atoms with Gasteiger partial charge in [-0.2, -0.15) is 5.10 Å². The van der Waals surface area contributed by atoms with Crippen LogP contribution in [-0.2, 0) is 7.05 Å². The van der Waals surface area contributed by atoms with Crippen molar-refractivity contribution in [3.8, 4) is 17.1 Å². The van der Waals surface area contributed by atoms with Gasteiger partial charge in [0.15, 0.2) is 11.6 Å². The number of hydrogen-bond acceptors (Lipinski definition) is 6. The average Bonchev–Trinajstić information content (AvgIpc) is 3.49. The molecule has 1 atom stereocenters. The maximum absolute atomic E-state index is 15.0. The number of aromatic nitrogens is 4. The van der Waals surface area contributed by atoms with Gasteiger partial charge in [0.1, 0.15) is 22.8 Å². The van der Waals surface area contributed by atoms with Crippen LogP contribution < -0.4 is 15.4 Å². The molecule has 5 rings (SSSR count). The van der Waals surface area contributed by atoms with Crippen molar-refractivity contribution in [2.24, 2.45) is 7.05 Å². The van der Waals surface area contributed by atoms with Crippen LogP contribution in [-0.4, -0.2) is 45.9 Å². The molecule has 1 aliphatic heterocycles. The summed E-state index contributed by atoms with van der Waals surface area (Å²) in [5.41, 5.74) is 1.64. The minimum atomic E-state index is -0.572. The van der Waals surface area contributed by atoms with Crippen molar-refractivity contribution in [1.82, 2.24) is 25.1 Å². The largest absolute Gasteiger partial charge is 0.496 e. The van der Waals surface area contributed by atoms with Gasteiger partial charge < -0.3 is 15.4 Å². The van der Waals surface area contributed by atoms with Crippen LogP contribution in [0.3, 0.4) is 0 Å². The van der Waals surface area contributed by atoms with E-state index >= 15 is 0 Å². The summed E-state index contributed by atoms with van der Waals surface area (Å²) >= 11 is 0. The molecule has 0 radical (unpaired) electrons. The van der Waals surface area contributed by atoms with Crippen LogP contribution in [0.25, 0.3) is 22.3 Å². The fraction of sp³-hybridized carbons (Fsp3) is 0.250. The lowest BCUT2D eigenvalue weighted by molar-refractivity contribution is 0.102. The van der Waals surface area contributed by atoms with Gasteiger partial charge in [-0.1, -0.05) is 6.07 Å². The molecule has 0 saturated carbocycles. The van der Waals surface area contributed by atoms with Gasteiger partial charge in [0.25, 0.3) is 5.91 Å². The highest BCUT2D eigenvalue weighted by atomic mass is 19.1. The molecule has 174 valence electrons. The Balaban J connectivity index is 1.54. The highest BCUT2D eigenvalue weighted by molar-refractivity contribution is 6.05. The van der Waals surface area contributed by atoms with E-state index in [0.717, 1.165) is 18.5 Å². The van der Waals surface area contributed by atoms with Gasteiger partial charge in [-0.25, -0.2) is 18.7 Å². The lowest BCUT2D eigenvalue weighted by Gasteiger charge is -2.18. The van der Waals surface area contributed by atoms with E-state index in [1.165, 1.54) is 42.3 Å². The lowest BCUT2D eigenvalue weighted by atomic mass is 9.93. The molecule has 4 aromatic rings. The first-order valence-electron chi connectivity index (χ1n) is 10.8. The number of aryl methyl sites for hydroxylation is 1. The highest BCUT2D eigenvalue weighted by Crippen LogP contribution is 2.37. The van der Waals surface area contributed by atoms with E-state index in [9.17, 15) is 13.6 Å². The maximum atomic E-state index is 15.0. The second-order valence-corrected chi connectivity index (χ2v) is 8.08. The summed E-state index contributed by atoms with van der Waals surface area (Å²) in [6, 6.07) is 7.10. The second kappa shape index (κ2) is 8.79. The number of nitrogens with one attached hydrogen (secondary N) is 2. The fourth-order valence-electron chi connectivity index (χ4n) is 4.46. The first-order valence-corrected chi connectivity index (χ1v) is 10.8. The van der Waals surface area contributed by atoms with E-state index in [1.54, 1.807) is 19.3 Å². The molecule has 1 fully saturated rings. The van der Waals surface area contributed by atoms with Gasteiger partial charge in [-0.15, -0.1) is 0 Å². The van der Waals surface area contributed by atoms with Crippen LogP contribution in [0.5, 0.6) is 5.75 Å². The Morgan fingerprint density at radius 1 is 1.26 bits per heavy atom. The molecular weight excluding hydrogens is 442 g/mol. The van der Waals surface area contributed by atoms with Gasteiger partial charge in [-0.05, 0) is 42.8 Å². The van der Waals surface area contributed by atoms with E-state index in [0.29, 0.717) is 23.1 Å². The topological polar surface area (TPSA) is 94.0 Å². The highest BCUT2D eigenvalue weighted by Gasteiger charge is 2.26. The average molecular weight is 464 g/mol. The molecular formula is C24H22F2N6O2. The summed E-state index contributed by atoms with van der Waals surface area (Å²) in [5.74, 6) is -1.27. The van der Waals surface area contributed by atoms with Crippen LogP contribution in [0.1, 0.15) is 28.4 Å². The maximum Gasteiger partial charge on any atom is 0.274 e. The summed E-state index contributed by atoms with van der Waals surface area (Å²) in [6.45, 7) is 1.54. The van der Waals surface area contributed by atoms with Gasteiger partial charge >= 0.3 is 0 Å². The zero-order chi connectivity index (χ0) is 23.8. The van der Waals surface area contributed by atoms with E-state index in [-0.39, 0.29) is 28.7 Å². The van der Waals surface area contributed by atoms with Crippen LogP contribution >= 0.6 is 0 Å². The van der Waals surface area contributed by atoms with Crippen molar-refractivity contribution in [1.29, 1.82) is 0 Å². The molecule has 34 heavy (non-hydrogen) atoms. The number of rotatable bonds is 5. The number of nitrogens with zero attached hydrogens (tertiary/aromatic N) is 4. The molecule has 1 unspecified atom stereocenters. The van der Waals surface area contributed by atoms with Crippen molar-refractivity contribution in [2.75, 3.05) is 25.5 Å². The van der Waals surface area contributed by atoms with Gasteiger partial charge in [0, 0.05) is 36.8 Å². The van der Waals surface area contributed by atoms with Crippen LogP contribution in [0, 0.1) is 11.6 Å². The number of anilines is 1. The quantitative estimate of drug-likeness (QED) is 0.468. The number of carbonyl (C=O) groups excluding carboxylic acids is 1. The molecule has 0 spiro atoms. The van der Waals surface area contributed by atoms with E-state index in [4.69, 9.17) is 4.74 Å². The van der Waals surface area contributed by atoms with Crippen molar-refractivity contribution in [3.63, 3.8) is 0 Å². The third-order valence-electron chi connectivity index (χ3n) is 6.04. The Kier molecular flexibility index (Phi) is 5.66. The first kappa shape index (κ1) is 21.9. The van der Waals surface area contributed by atoms with Gasteiger partial charge in [0.2, 0.25) is 0 Å². The normalized spacial score (nSPS) is 15.6. The zero-order valence-electron chi connectivity index (χ0n) is 18.6. The Morgan fingerprint density at radius 2 is 2.12 bits per heavy atom. The third kappa shape index (κ3) is 3.75. The molecule has 0 aliphatic carbocycles. The molecule has 2 aromatic heterocycles. The smallest absolute Gasteiger partial charge is 0.274 e. The molecule has 1 saturated heterocycles. The lowest BCUT2D eigenvalue weighted by Crippen LogP contribution is -2.18. The third-order valence-corrected chi connectivity index (χ3v) is 6.04. The molecule has 3 heterocycles. The minimum absolute atomic E-state index is 0.0108. The van der Waals surface area contributed by atoms with E-state index in [1.807, 2.05) is 0 Å². The molecule has 0 bridgehead atoms. The Morgan fingerprint density at radius 3 is 2.88 bits per heavy atom. The van der Waals surface area contributed by atoms with Gasteiger partial charge in [0.05, 0.1) is 18.9 Å². The van der Waals surface area contributed by atoms with Crippen LogP contribution in [0.2, 0.25) is 0 Å². The second-order valence-electron chi connectivity index (χ2n) is 8.08. The van der Waals surface area contributed by atoms with E-state index in [2.05, 4.69) is 25.7 Å². The first-order chi connectivity index (χ1) is 16.5. The molecule has 1 aliphatic rings. The number of benzene rings is 2. The summed E-state index contributed by atoms with van der Waals surface area (Å²) < 4.78 is 36.2. The number of carbonyl (C=O) groups is 1. The van der Waals surface area contributed by atoms with Crippen molar-refractivity contribution >= 4 is 22.5 Å².